The summed E-state index contributed by atoms with van der Waals surface area (Å²) in [6, 6.07) is 11.2. The van der Waals surface area contributed by atoms with Gasteiger partial charge in [0.05, 0.1) is 29.0 Å². The Morgan fingerprint density at radius 2 is 1.89 bits per heavy atom. The molecule has 1 aliphatic heterocycles. The number of para-hydroxylation sites is 1. The highest BCUT2D eigenvalue weighted by atomic mass is 32.2. The molecule has 0 bridgehead atoms. The number of aromatic nitrogens is 2. The minimum atomic E-state index is -3.65. The topological polar surface area (TPSA) is 67.2 Å². The molecular formula is C20H22N4O2S. The Morgan fingerprint density at radius 3 is 2.59 bits per heavy atom. The summed E-state index contributed by atoms with van der Waals surface area (Å²) in [6.45, 7) is 4.77. The van der Waals surface area contributed by atoms with E-state index >= 15 is 0 Å². The standard InChI is InChI=1S/C20H22N4O2S/c1-14-5-4-6-18-20(14)24(10-9-21-18)27(25,26)19-8-7-16(11-15(19)2)17-12-22-23(3)13-17/h4-8,11-13,21H,9-10H2,1-3H3. The molecule has 0 fully saturated rings. The fourth-order valence-corrected chi connectivity index (χ4v) is 5.34. The second-order valence-corrected chi connectivity index (χ2v) is 8.69. The molecule has 3 aromatic rings. The van der Waals surface area contributed by atoms with Crippen LogP contribution in [0.3, 0.4) is 0 Å². The summed E-state index contributed by atoms with van der Waals surface area (Å²) in [5.41, 5.74) is 5.18. The average molecular weight is 382 g/mol. The van der Waals surface area contributed by atoms with E-state index in [9.17, 15) is 8.42 Å². The maximum atomic E-state index is 13.5. The number of hydrogen-bond donors (Lipinski definition) is 1. The predicted molar refractivity (Wildman–Crippen MR) is 108 cm³/mol. The van der Waals surface area contributed by atoms with Crippen LogP contribution in [0.1, 0.15) is 11.1 Å². The summed E-state index contributed by atoms with van der Waals surface area (Å²) >= 11 is 0. The average Bonchev–Trinajstić information content (AvgIpc) is 3.07. The van der Waals surface area contributed by atoms with Crippen molar-refractivity contribution in [1.29, 1.82) is 0 Å². The van der Waals surface area contributed by atoms with Crippen molar-refractivity contribution in [2.45, 2.75) is 18.7 Å². The molecule has 0 saturated heterocycles. The molecule has 2 aromatic carbocycles. The van der Waals surface area contributed by atoms with Gasteiger partial charge < -0.3 is 5.32 Å². The third-order valence-electron chi connectivity index (χ3n) is 4.90. The maximum Gasteiger partial charge on any atom is 0.264 e. The van der Waals surface area contributed by atoms with Gasteiger partial charge in [-0.05, 0) is 48.7 Å². The van der Waals surface area contributed by atoms with Crippen molar-refractivity contribution in [2.75, 3.05) is 22.7 Å². The second-order valence-electron chi connectivity index (χ2n) is 6.86. The zero-order valence-electron chi connectivity index (χ0n) is 15.6. The highest BCUT2D eigenvalue weighted by molar-refractivity contribution is 7.93. The van der Waals surface area contributed by atoms with Gasteiger partial charge >= 0.3 is 0 Å². The number of anilines is 2. The van der Waals surface area contributed by atoms with Crippen molar-refractivity contribution < 1.29 is 8.42 Å². The first-order valence-electron chi connectivity index (χ1n) is 8.84. The van der Waals surface area contributed by atoms with Crippen LogP contribution < -0.4 is 9.62 Å². The number of hydrogen-bond acceptors (Lipinski definition) is 4. The molecule has 0 radical (unpaired) electrons. The van der Waals surface area contributed by atoms with Crippen molar-refractivity contribution in [3.63, 3.8) is 0 Å². The van der Waals surface area contributed by atoms with E-state index in [1.54, 1.807) is 16.9 Å². The Bertz CT molecular complexity index is 1120. The van der Waals surface area contributed by atoms with Crippen molar-refractivity contribution in [1.82, 2.24) is 9.78 Å². The molecule has 0 saturated carbocycles. The summed E-state index contributed by atoms with van der Waals surface area (Å²) in [4.78, 5) is 0.339. The van der Waals surface area contributed by atoms with Gasteiger partial charge in [-0.15, -0.1) is 0 Å². The lowest BCUT2D eigenvalue weighted by Crippen LogP contribution is -2.39. The minimum Gasteiger partial charge on any atom is -0.382 e. The molecule has 140 valence electrons. The first kappa shape index (κ1) is 17.6. The summed E-state index contributed by atoms with van der Waals surface area (Å²) in [7, 11) is -1.79. The monoisotopic (exact) mass is 382 g/mol. The normalized spacial score (nSPS) is 14.0. The van der Waals surface area contributed by atoms with Gasteiger partial charge in [0, 0.05) is 25.4 Å². The van der Waals surface area contributed by atoms with E-state index in [-0.39, 0.29) is 0 Å². The number of aryl methyl sites for hydroxylation is 3. The van der Waals surface area contributed by atoms with E-state index in [4.69, 9.17) is 0 Å². The van der Waals surface area contributed by atoms with Crippen LogP contribution in [0.15, 0.2) is 53.7 Å². The second kappa shape index (κ2) is 6.42. The molecule has 4 rings (SSSR count). The van der Waals surface area contributed by atoms with Crippen LogP contribution in [0, 0.1) is 13.8 Å². The molecule has 6 nitrogen and oxygen atoms in total. The van der Waals surface area contributed by atoms with E-state index in [0.29, 0.717) is 18.0 Å². The van der Waals surface area contributed by atoms with Crippen LogP contribution in [0.2, 0.25) is 0 Å². The quantitative estimate of drug-likeness (QED) is 0.755. The molecule has 0 amide bonds. The Morgan fingerprint density at radius 1 is 1.07 bits per heavy atom. The van der Waals surface area contributed by atoms with Crippen LogP contribution in [0.25, 0.3) is 11.1 Å². The van der Waals surface area contributed by atoms with Gasteiger partial charge in [0.1, 0.15) is 0 Å². The number of fused-ring (bicyclic) bond motifs is 1. The van der Waals surface area contributed by atoms with Gasteiger partial charge in [0.25, 0.3) is 10.0 Å². The zero-order chi connectivity index (χ0) is 19.2. The molecule has 0 aliphatic carbocycles. The number of nitrogens with zero attached hydrogens (tertiary/aromatic N) is 3. The van der Waals surface area contributed by atoms with Crippen LogP contribution in [-0.4, -0.2) is 31.3 Å². The molecule has 1 aliphatic rings. The molecule has 7 heteroatoms. The lowest BCUT2D eigenvalue weighted by atomic mass is 10.1. The van der Waals surface area contributed by atoms with Crippen molar-refractivity contribution in [3.8, 4) is 11.1 Å². The zero-order valence-corrected chi connectivity index (χ0v) is 16.4. The SMILES string of the molecule is Cc1cc(-c2cnn(C)c2)ccc1S(=O)(=O)N1CCNc2cccc(C)c21. The van der Waals surface area contributed by atoms with Crippen molar-refractivity contribution >= 4 is 21.4 Å². The van der Waals surface area contributed by atoms with Gasteiger partial charge in [-0.25, -0.2) is 8.42 Å². The molecule has 1 N–H and O–H groups in total. The summed E-state index contributed by atoms with van der Waals surface area (Å²) in [6.07, 6.45) is 3.69. The molecular weight excluding hydrogens is 360 g/mol. The Balaban J connectivity index is 1.78. The molecule has 2 heterocycles. The third-order valence-corrected chi connectivity index (χ3v) is 6.86. The van der Waals surface area contributed by atoms with Gasteiger partial charge in [0.2, 0.25) is 0 Å². The predicted octanol–water partition coefficient (Wildman–Crippen LogP) is 3.32. The van der Waals surface area contributed by atoms with Gasteiger partial charge in [-0.2, -0.15) is 5.10 Å². The third kappa shape index (κ3) is 2.98. The lowest BCUT2D eigenvalue weighted by Gasteiger charge is -2.33. The van der Waals surface area contributed by atoms with E-state index in [1.807, 2.05) is 57.4 Å². The molecule has 0 spiro atoms. The number of rotatable bonds is 3. The Hall–Kier alpha value is -2.80. The molecule has 0 unspecified atom stereocenters. The summed E-state index contributed by atoms with van der Waals surface area (Å²) in [5, 5.41) is 7.47. The number of nitrogens with one attached hydrogen (secondary N) is 1. The van der Waals surface area contributed by atoms with Gasteiger partial charge in [0.15, 0.2) is 0 Å². The smallest absolute Gasteiger partial charge is 0.264 e. The maximum absolute atomic E-state index is 13.5. The fraction of sp³-hybridized carbons (Fsp3) is 0.250. The number of benzene rings is 2. The summed E-state index contributed by atoms with van der Waals surface area (Å²) in [5.74, 6) is 0. The fourth-order valence-electron chi connectivity index (χ4n) is 3.58. The van der Waals surface area contributed by atoms with E-state index in [1.165, 1.54) is 4.31 Å². The first-order valence-corrected chi connectivity index (χ1v) is 10.3. The minimum absolute atomic E-state index is 0.339. The lowest BCUT2D eigenvalue weighted by molar-refractivity contribution is 0.590. The van der Waals surface area contributed by atoms with Gasteiger partial charge in [-0.1, -0.05) is 18.2 Å². The van der Waals surface area contributed by atoms with Crippen molar-refractivity contribution in [2.24, 2.45) is 7.05 Å². The van der Waals surface area contributed by atoms with E-state index in [0.717, 1.165) is 33.6 Å². The van der Waals surface area contributed by atoms with Gasteiger partial charge in [-0.3, -0.25) is 8.99 Å². The molecule has 0 atom stereocenters. The molecule has 27 heavy (non-hydrogen) atoms. The highest BCUT2D eigenvalue weighted by Crippen LogP contribution is 2.37. The van der Waals surface area contributed by atoms with Crippen LogP contribution in [0.5, 0.6) is 0 Å². The number of sulfonamides is 1. The summed E-state index contributed by atoms with van der Waals surface area (Å²) < 4.78 is 30.2. The Kier molecular flexibility index (Phi) is 4.19. The van der Waals surface area contributed by atoms with Crippen LogP contribution in [0.4, 0.5) is 11.4 Å². The first-order chi connectivity index (χ1) is 12.9. The highest BCUT2D eigenvalue weighted by Gasteiger charge is 2.31. The van der Waals surface area contributed by atoms with E-state index in [2.05, 4.69) is 10.4 Å². The van der Waals surface area contributed by atoms with Crippen LogP contribution in [-0.2, 0) is 17.1 Å². The van der Waals surface area contributed by atoms with Crippen LogP contribution >= 0.6 is 0 Å². The Labute approximate surface area is 159 Å². The largest absolute Gasteiger partial charge is 0.382 e. The molecule has 1 aromatic heterocycles. The van der Waals surface area contributed by atoms with Crippen molar-refractivity contribution in [3.05, 3.63) is 59.9 Å². The van der Waals surface area contributed by atoms with E-state index < -0.39 is 10.0 Å².